The Kier molecular flexibility index (Phi) is 7.90. The fourth-order valence-corrected chi connectivity index (χ4v) is 4.02. The number of amides is 1. The first-order valence-corrected chi connectivity index (χ1v) is 10.7. The molecule has 1 amide bonds. The van der Waals surface area contributed by atoms with Crippen LogP contribution >= 0.6 is 0 Å². The third-order valence-corrected chi connectivity index (χ3v) is 5.77. The highest BCUT2D eigenvalue weighted by atomic mass is 19.4. The predicted octanol–water partition coefficient (Wildman–Crippen LogP) is 4.87. The van der Waals surface area contributed by atoms with Gasteiger partial charge >= 0.3 is 6.18 Å². The third kappa shape index (κ3) is 6.07. The van der Waals surface area contributed by atoms with Crippen molar-refractivity contribution in [1.29, 1.82) is 0 Å². The Labute approximate surface area is 185 Å². The van der Waals surface area contributed by atoms with Gasteiger partial charge in [-0.25, -0.2) is 4.39 Å². The lowest BCUT2D eigenvalue weighted by Crippen LogP contribution is -2.57. The largest absolute Gasteiger partial charge is 0.416 e. The molecule has 32 heavy (non-hydrogen) atoms. The first kappa shape index (κ1) is 24.2. The summed E-state index contributed by atoms with van der Waals surface area (Å²) >= 11 is 0. The summed E-state index contributed by atoms with van der Waals surface area (Å²) in [6, 6.07) is 12.9. The van der Waals surface area contributed by atoms with Crippen LogP contribution in [0, 0.1) is 0 Å². The molecule has 0 aromatic heterocycles. The number of carbonyl (C=O) groups excluding carboxylic acids is 1. The van der Waals surface area contributed by atoms with Crippen LogP contribution in [-0.2, 0) is 34.5 Å². The van der Waals surface area contributed by atoms with E-state index in [1.807, 2.05) is 30.3 Å². The molecule has 0 spiro atoms. The molecular weight excluding hydrogens is 424 g/mol. The lowest BCUT2D eigenvalue weighted by molar-refractivity contribution is -0.137. The Balaban J connectivity index is 1.72. The van der Waals surface area contributed by atoms with Crippen LogP contribution in [0.25, 0.3) is 0 Å². The van der Waals surface area contributed by atoms with Crippen LogP contribution in [0.2, 0.25) is 0 Å². The number of rotatable bonds is 8. The molecular formula is C24H28F4N2O2. The van der Waals surface area contributed by atoms with Crippen LogP contribution in [-0.4, -0.2) is 25.1 Å². The normalized spacial score (nSPS) is 21.3. The average Bonchev–Trinajstić information content (AvgIpc) is 2.80. The van der Waals surface area contributed by atoms with Crippen LogP contribution in [0.5, 0.6) is 0 Å². The van der Waals surface area contributed by atoms with Gasteiger partial charge in [-0.15, -0.1) is 0 Å². The van der Waals surface area contributed by atoms with E-state index < -0.39 is 24.0 Å². The summed E-state index contributed by atoms with van der Waals surface area (Å²) in [6.07, 6.45) is -2.70. The predicted molar refractivity (Wildman–Crippen MR) is 113 cm³/mol. The molecule has 2 atom stereocenters. The first-order chi connectivity index (χ1) is 15.3. The lowest BCUT2D eigenvalue weighted by atomic mass is 9.81. The summed E-state index contributed by atoms with van der Waals surface area (Å²) in [6.45, 7) is 1.54. The summed E-state index contributed by atoms with van der Waals surface area (Å²) in [5, 5.41) is 6.48. The molecule has 8 heteroatoms. The van der Waals surface area contributed by atoms with E-state index in [0.29, 0.717) is 19.4 Å². The lowest BCUT2D eigenvalue weighted by Gasteiger charge is -2.42. The minimum atomic E-state index is -4.55. The molecule has 1 saturated heterocycles. The van der Waals surface area contributed by atoms with Crippen LogP contribution in [0.1, 0.15) is 48.4 Å². The monoisotopic (exact) mass is 452 g/mol. The van der Waals surface area contributed by atoms with Crippen molar-refractivity contribution in [2.24, 2.45) is 0 Å². The maximum absolute atomic E-state index is 13.1. The van der Waals surface area contributed by atoms with Gasteiger partial charge in [-0.2, -0.15) is 13.2 Å². The van der Waals surface area contributed by atoms with Gasteiger partial charge in [0.1, 0.15) is 6.67 Å². The first-order valence-electron chi connectivity index (χ1n) is 10.7. The molecule has 2 N–H and O–H groups in total. The smallest absolute Gasteiger partial charge is 0.374 e. The third-order valence-electron chi connectivity index (χ3n) is 5.77. The summed E-state index contributed by atoms with van der Waals surface area (Å²) < 4.78 is 58.3. The van der Waals surface area contributed by atoms with E-state index in [9.17, 15) is 22.4 Å². The molecule has 1 heterocycles. The average molecular weight is 452 g/mol. The SMILES string of the molecule is CCC(=O)N[C@H]1CC[C@@](COCc2cc(CF)cc(C(F)(F)F)c2)(c2ccccc2)NC1. The highest BCUT2D eigenvalue weighted by Crippen LogP contribution is 2.33. The van der Waals surface area contributed by atoms with Crippen molar-refractivity contribution in [2.45, 2.75) is 57.2 Å². The van der Waals surface area contributed by atoms with Crippen molar-refractivity contribution < 1.29 is 27.1 Å². The van der Waals surface area contributed by atoms with E-state index in [1.165, 1.54) is 6.07 Å². The number of nitrogens with one attached hydrogen (secondary N) is 2. The van der Waals surface area contributed by atoms with E-state index in [0.717, 1.165) is 24.1 Å². The molecule has 174 valence electrons. The van der Waals surface area contributed by atoms with Gasteiger partial charge in [0.05, 0.1) is 24.3 Å². The Morgan fingerprint density at radius 2 is 1.91 bits per heavy atom. The fraction of sp³-hybridized carbons (Fsp3) is 0.458. The highest BCUT2D eigenvalue weighted by molar-refractivity contribution is 5.75. The topological polar surface area (TPSA) is 50.4 Å². The number of benzene rings is 2. The second-order valence-corrected chi connectivity index (χ2v) is 8.15. The number of hydrogen-bond donors (Lipinski definition) is 2. The molecule has 2 aromatic carbocycles. The van der Waals surface area contributed by atoms with E-state index in [4.69, 9.17) is 4.74 Å². The van der Waals surface area contributed by atoms with Gasteiger partial charge in [-0.05, 0) is 41.7 Å². The van der Waals surface area contributed by atoms with Gasteiger partial charge in [-0.3, -0.25) is 4.79 Å². The standard InChI is InChI=1S/C24H28F4N2O2/c1-2-22(31)30-21-8-9-23(29-14-21,19-6-4-3-5-7-19)16-32-15-18-10-17(13-25)11-20(12-18)24(26,27)28/h3-7,10-12,21,29H,2,8-9,13-16H2,1H3,(H,30,31)/t21-,23+/m0/s1. The summed E-state index contributed by atoms with van der Waals surface area (Å²) in [4.78, 5) is 11.7. The Hall–Kier alpha value is -2.45. The Bertz CT molecular complexity index is 895. The van der Waals surface area contributed by atoms with Crippen molar-refractivity contribution in [3.63, 3.8) is 0 Å². The Morgan fingerprint density at radius 1 is 1.19 bits per heavy atom. The van der Waals surface area contributed by atoms with Gasteiger partial charge < -0.3 is 15.4 Å². The van der Waals surface area contributed by atoms with Gasteiger partial charge in [0.2, 0.25) is 5.91 Å². The van der Waals surface area contributed by atoms with E-state index in [2.05, 4.69) is 10.6 Å². The fourth-order valence-electron chi connectivity index (χ4n) is 4.02. The maximum Gasteiger partial charge on any atom is 0.416 e. The molecule has 2 aromatic rings. The van der Waals surface area contributed by atoms with Crippen LogP contribution in [0.4, 0.5) is 17.6 Å². The van der Waals surface area contributed by atoms with Crippen LogP contribution in [0.3, 0.4) is 0 Å². The quantitative estimate of drug-likeness (QED) is 0.562. The molecule has 3 rings (SSSR count). The maximum atomic E-state index is 13.1. The van der Waals surface area contributed by atoms with Gasteiger partial charge in [0.25, 0.3) is 0 Å². The number of hydrogen-bond acceptors (Lipinski definition) is 3. The molecule has 1 aliphatic heterocycles. The summed E-state index contributed by atoms with van der Waals surface area (Å²) in [7, 11) is 0. The number of carbonyl (C=O) groups is 1. The zero-order valence-electron chi connectivity index (χ0n) is 18.0. The molecule has 0 bridgehead atoms. The minimum Gasteiger partial charge on any atom is -0.374 e. The molecule has 4 nitrogen and oxygen atoms in total. The minimum absolute atomic E-state index is 0.00604. The molecule has 0 unspecified atom stereocenters. The second kappa shape index (κ2) is 10.4. The number of piperidine rings is 1. The van der Waals surface area contributed by atoms with Crippen LogP contribution < -0.4 is 10.6 Å². The molecule has 0 saturated carbocycles. The number of ether oxygens (including phenoxy) is 1. The molecule has 1 aliphatic rings. The zero-order valence-corrected chi connectivity index (χ0v) is 18.0. The van der Waals surface area contributed by atoms with Gasteiger partial charge in [0.15, 0.2) is 0 Å². The molecule has 0 radical (unpaired) electrons. The van der Waals surface area contributed by atoms with Crippen molar-refractivity contribution in [3.05, 3.63) is 70.8 Å². The van der Waals surface area contributed by atoms with Crippen molar-refractivity contribution in [1.82, 2.24) is 10.6 Å². The van der Waals surface area contributed by atoms with Crippen molar-refractivity contribution in [2.75, 3.05) is 13.2 Å². The van der Waals surface area contributed by atoms with E-state index in [1.54, 1.807) is 6.92 Å². The van der Waals surface area contributed by atoms with E-state index >= 15 is 0 Å². The number of halogens is 4. The van der Waals surface area contributed by atoms with Crippen molar-refractivity contribution >= 4 is 5.91 Å². The molecule has 1 fully saturated rings. The molecule has 0 aliphatic carbocycles. The van der Waals surface area contributed by atoms with E-state index in [-0.39, 0.29) is 36.3 Å². The van der Waals surface area contributed by atoms with Gasteiger partial charge in [-0.1, -0.05) is 43.3 Å². The Morgan fingerprint density at radius 3 is 2.50 bits per heavy atom. The summed E-state index contributed by atoms with van der Waals surface area (Å²) in [5.41, 5.74) is -0.150. The second-order valence-electron chi connectivity index (χ2n) is 8.15. The van der Waals surface area contributed by atoms with Gasteiger partial charge in [0, 0.05) is 19.0 Å². The number of alkyl halides is 4. The van der Waals surface area contributed by atoms with Crippen LogP contribution in [0.15, 0.2) is 48.5 Å². The highest BCUT2D eigenvalue weighted by Gasteiger charge is 2.37. The zero-order chi connectivity index (χ0) is 23.2. The van der Waals surface area contributed by atoms with Crippen molar-refractivity contribution in [3.8, 4) is 0 Å². The summed E-state index contributed by atoms with van der Waals surface area (Å²) in [5.74, 6) is -0.00604.